The van der Waals surface area contributed by atoms with Crippen LogP contribution in [0.15, 0.2) is 18.2 Å². The van der Waals surface area contributed by atoms with Crippen LogP contribution in [0.25, 0.3) is 0 Å². The Labute approximate surface area is 130 Å². The molecule has 120 valence electrons. The Kier molecular flexibility index (Phi) is 4.83. The first-order chi connectivity index (χ1) is 10.7. The van der Waals surface area contributed by atoms with E-state index in [-0.39, 0.29) is 12.7 Å². The SMILES string of the molecule is C[C@H]1CCCC[C@H]1OCCNC(=O)c1ccc2c(c1)OCO2. The van der Waals surface area contributed by atoms with E-state index in [1.54, 1.807) is 18.2 Å². The van der Waals surface area contributed by atoms with Gasteiger partial charge in [0.1, 0.15) is 0 Å². The fraction of sp³-hybridized carbons (Fsp3) is 0.588. The van der Waals surface area contributed by atoms with Crippen molar-refractivity contribution >= 4 is 5.91 Å². The normalized spacial score (nSPS) is 23.3. The lowest BCUT2D eigenvalue weighted by atomic mass is 9.88. The van der Waals surface area contributed by atoms with E-state index in [2.05, 4.69) is 12.2 Å². The van der Waals surface area contributed by atoms with Crippen molar-refractivity contribution in [1.82, 2.24) is 5.32 Å². The highest BCUT2D eigenvalue weighted by atomic mass is 16.7. The minimum Gasteiger partial charge on any atom is -0.454 e. The van der Waals surface area contributed by atoms with Crippen LogP contribution in [-0.4, -0.2) is 32.0 Å². The van der Waals surface area contributed by atoms with Crippen LogP contribution in [0.5, 0.6) is 11.5 Å². The van der Waals surface area contributed by atoms with E-state index < -0.39 is 0 Å². The summed E-state index contributed by atoms with van der Waals surface area (Å²) in [5.74, 6) is 1.82. The molecule has 0 unspecified atom stereocenters. The number of hydrogen-bond donors (Lipinski definition) is 1. The standard InChI is InChI=1S/C17H23NO4/c1-12-4-2-3-5-14(12)20-9-8-18-17(19)13-6-7-15-16(10-13)22-11-21-15/h6-7,10,12,14H,2-5,8-9,11H2,1H3,(H,18,19)/t12-,14+/m0/s1. The smallest absolute Gasteiger partial charge is 0.251 e. The topological polar surface area (TPSA) is 56.8 Å². The Morgan fingerprint density at radius 1 is 1.27 bits per heavy atom. The molecule has 0 radical (unpaired) electrons. The Balaban J connectivity index is 1.42. The molecule has 1 amide bonds. The largest absolute Gasteiger partial charge is 0.454 e. The van der Waals surface area contributed by atoms with E-state index in [0.29, 0.717) is 42.2 Å². The molecule has 1 N–H and O–H groups in total. The van der Waals surface area contributed by atoms with E-state index in [1.807, 2.05) is 0 Å². The molecule has 3 rings (SSSR count). The number of fused-ring (bicyclic) bond motifs is 1. The second-order valence-electron chi connectivity index (χ2n) is 5.99. The summed E-state index contributed by atoms with van der Waals surface area (Å²) in [6, 6.07) is 5.21. The average molecular weight is 305 g/mol. The summed E-state index contributed by atoms with van der Waals surface area (Å²) < 4.78 is 16.4. The minimum atomic E-state index is -0.112. The number of carbonyl (C=O) groups excluding carboxylic acids is 1. The van der Waals surface area contributed by atoms with Gasteiger partial charge in [0.2, 0.25) is 6.79 Å². The summed E-state index contributed by atoms with van der Waals surface area (Å²) in [4.78, 5) is 12.1. The van der Waals surface area contributed by atoms with E-state index in [4.69, 9.17) is 14.2 Å². The highest BCUT2D eigenvalue weighted by Crippen LogP contribution is 2.32. The van der Waals surface area contributed by atoms with Gasteiger partial charge in [0.15, 0.2) is 11.5 Å². The summed E-state index contributed by atoms with van der Waals surface area (Å²) in [5.41, 5.74) is 0.579. The summed E-state index contributed by atoms with van der Waals surface area (Å²) in [7, 11) is 0. The maximum absolute atomic E-state index is 12.1. The third kappa shape index (κ3) is 3.53. The van der Waals surface area contributed by atoms with Gasteiger partial charge >= 0.3 is 0 Å². The second-order valence-corrected chi connectivity index (χ2v) is 5.99. The molecule has 22 heavy (non-hydrogen) atoms. The number of ether oxygens (including phenoxy) is 3. The lowest BCUT2D eigenvalue weighted by Gasteiger charge is -2.28. The molecular weight excluding hydrogens is 282 g/mol. The van der Waals surface area contributed by atoms with Gasteiger partial charge in [-0.2, -0.15) is 0 Å². The van der Waals surface area contributed by atoms with E-state index >= 15 is 0 Å². The molecule has 0 spiro atoms. The Bertz CT molecular complexity index is 531. The van der Waals surface area contributed by atoms with Crippen molar-refractivity contribution in [3.63, 3.8) is 0 Å². The third-order valence-corrected chi connectivity index (χ3v) is 4.39. The molecule has 2 aliphatic rings. The number of hydrogen-bond acceptors (Lipinski definition) is 4. The molecule has 5 heteroatoms. The van der Waals surface area contributed by atoms with E-state index in [0.717, 1.165) is 6.42 Å². The molecule has 2 atom stereocenters. The molecule has 1 aromatic carbocycles. The van der Waals surface area contributed by atoms with E-state index in [9.17, 15) is 4.79 Å². The van der Waals surface area contributed by atoms with Crippen LogP contribution in [0.4, 0.5) is 0 Å². The quantitative estimate of drug-likeness (QED) is 0.850. The molecule has 1 fully saturated rings. The first-order valence-electron chi connectivity index (χ1n) is 8.03. The first-order valence-corrected chi connectivity index (χ1v) is 8.03. The number of carbonyl (C=O) groups is 1. The molecule has 1 aromatic rings. The van der Waals surface area contributed by atoms with Gasteiger partial charge < -0.3 is 19.5 Å². The van der Waals surface area contributed by atoms with E-state index in [1.165, 1.54) is 19.3 Å². The molecule has 0 saturated heterocycles. The van der Waals surface area contributed by atoms with Gasteiger partial charge in [-0.15, -0.1) is 0 Å². The maximum Gasteiger partial charge on any atom is 0.251 e. The van der Waals surface area contributed by atoms with Crippen LogP contribution in [0.3, 0.4) is 0 Å². The molecular formula is C17H23NO4. The van der Waals surface area contributed by atoms with Crippen molar-refractivity contribution < 1.29 is 19.0 Å². The van der Waals surface area contributed by atoms with Gasteiger partial charge in [0.25, 0.3) is 5.91 Å². The van der Waals surface area contributed by atoms with Crippen LogP contribution in [0.1, 0.15) is 43.0 Å². The number of amides is 1. The minimum absolute atomic E-state index is 0.112. The predicted octanol–water partition coefficient (Wildman–Crippen LogP) is 2.74. The number of benzene rings is 1. The Morgan fingerprint density at radius 2 is 2.09 bits per heavy atom. The molecule has 0 bridgehead atoms. The molecule has 1 saturated carbocycles. The zero-order valence-corrected chi connectivity index (χ0v) is 13.0. The van der Waals surface area contributed by atoms with Crippen molar-refractivity contribution in [3.05, 3.63) is 23.8 Å². The molecule has 1 heterocycles. The Morgan fingerprint density at radius 3 is 2.95 bits per heavy atom. The zero-order valence-electron chi connectivity index (χ0n) is 13.0. The van der Waals surface area contributed by atoms with Crippen LogP contribution in [-0.2, 0) is 4.74 Å². The summed E-state index contributed by atoms with van der Waals surface area (Å²) >= 11 is 0. The van der Waals surface area contributed by atoms with Gasteiger partial charge in [-0.1, -0.05) is 19.8 Å². The van der Waals surface area contributed by atoms with Gasteiger partial charge in [-0.05, 0) is 37.0 Å². The number of rotatable bonds is 5. The van der Waals surface area contributed by atoms with Crippen LogP contribution >= 0.6 is 0 Å². The third-order valence-electron chi connectivity index (χ3n) is 4.39. The molecule has 5 nitrogen and oxygen atoms in total. The molecule has 0 aromatic heterocycles. The van der Waals surface area contributed by atoms with Crippen molar-refractivity contribution in [3.8, 4) is 11.5 Å². The van der Waals surface area contributed by atoms with Crippen molar-refractivity contribution in [2.45, 2.75) is 38.7 Å². The van der Waals surface area contributed by atoms with Gasteiger partial charge in [-0.3, -0.25) is 4.79 Å². The van der Waals surface area contributed by atoms with Gasteiger partial charge in [-0.25, -0.2) is 0 Å². The highest BCUT2D eigenvalue weighted by molar-refractivity contribution is 5.94. The lowest BCUT2D eigenvalue weighted by molar-refractivity contribution is -0.00293. The highest BCUT2D eigenvalue weighted by Gasteiger charge is 2.21. The lowest BCUT2D eigenvalue weighted by Crippen LogP contribution is -2.31. The Hall–Kier alpha value is -1.75. The van der Waals surface area contributed by atoms with Crippen LogP contribution in [0.2, 0.25) is 0 Å². The first kappa shape index (κ1) is 15.2. The van der Waals surface area contributed by atoms with Crippen LogP contribution < -0.4 is 14.8 Å². The fourth-order valence-electron chi connectivity index (χ4n) is 3.04. The van der Waals surface area contributed by atoms with Gasteiger partial charge in [0, 0.05) is 12.1 Å². The van der Waals surface area contributed by atoms with Crippen molar-refractivity contribution in [1.29, 1.82) is 0 Å². The average Bonchev–Trinajstić information content (AvgIpc) is 3.00. The summed E-state index contributed by atoms with van der Waals surface area (Å²) in [6.07, 6.45) is 5.28. The van der Waals surface area contributed by atoms with Crippen molar-refractivity contribution in [2.24, 2.45) is 5.92 Å². The predicted molar refractivity (Wildman–Crippen MR) is 82.3 cm³/mol. The monoisotopic (exact) mass is 305 g/mol. The van der Waals surface area contributed by atoms with Crippen LogP contribution in [0, 0.1) is 5.92 Å². The second kappa shape index (κ2) is 7.01. The van der Waals surface area contributed by atoms with Gasteiger partial charge in [0.05, 0.1) is 12.7 Å². The molecule has 1 aliphatic heterocycles. The molecule has 1 aliphatic carbocycles. The zero-order chi connectivity index (χ0) is 15.4. The number of nitrogens with one attached hydrogen (secondary N) is 1. The fourth-order valence-corrected chi connectivity index (χ4v) is 3.04. The van der Waals surface area contributed by atoms with Crippen molar-refractivity contribution in [2.75, 3.05) is 19.9 Å². The maximum atomic E-state index is 12.1. The summed E-state index contributed by atoms with van der Waals surface area (Å²) in [5, 5.41) is 2.88. The summed E-state index contributed by atoms with van der Waals surface area (Å²) in [6.45, 7) is 3.55.